The van der Waals surface area contributed by atoms with Crippen LogP contribution in [0.25, 0.3) is 28.0 Å². The molecule has 0 aliphatic heterocycles. The fourth-order valence-electron chi connectivity index (χ4n) is 3.45. The molecule has 4 heterocycles. The fraction of sp³-hybridized carbons (Fsp3) is 0.0435. The Morgan fingerprint density at radius 2 is 2.07 bits per heavy atom. The van der Waals surface area contributed by atoms with Crippen LogP contribution >= 0.6 is 22.9 Å². The molecule has 0 saturated heterocycles. The number of carbonyl (C=O) groups excluding carboxylic acids is 1. The quantitative estimate of drug-likeness (QED) is 0.375. The van der Waals surface area contributed by atoms with Crippen molar-refractivity contribution >= 4 is 34.4 Å². The lowest BCUT2D eigenvalue weighted by molar-refractivity contribution is 0.0952. The number of carbonyl (C=O) groups is 1. The Labute approximate surface area is 181 Å². The molecule has 1 amide bonds. The molecular formula is C23H16ClN3O2S. The zero-order valence-corrected chi connectivity index (χ0v) is 17.3. The summed E-state index contributed by atoms with van der Waals surface area (Å²) in [5.74, 6) is -0.158. The second-order valence-corrected chi connectivity index (χ2v) is 8.23. The van der Waals surface area contributed by atoms with Crippen LogP contribution in [0.4, 0.5) is 0 Å². The van der Waals surface area contributed by atoms with Gasteiger partial charge in [-0.2, -0.15) is 0 Å². The van der Waals surface area contributed by atoms with Gasteiger partial charge in [0.25, 0.3) is 5.91 Å². The van der Waals surface area contributed by atoms with E-state index in [0.29, 0.717) is 28.5 Å². The molecule has 1 N–H and O–H groups in total. The van der Waals surface area contributed by atoms with Gasteiger partial charge in [-0.1, -0.05) is 35.9 Å². The minimum Gasteiger partial charge on any atom is -0.451 e. The average Bonchev–Trinajstić information content (AvgIpc) is 3.52. The first-order valence-corrected chi connectivity index (χ1v) is 10.5. The van der Waals surface area contributed by atoms with E-state index in [9.17, 15) is 4.79 Å². The van der Waals surface area contributed by atoms with E-state index in [0.717, 1.165) is 21.5 Å². The fourth-order valence-corrected chi connectivity index (χ4v) is 4.28. The number of rotatable bonds is 5. The van der Waals surface area contributed by atoms with Crippen LogP contribution in [0.3, 0.4) is 0 Å². The Balaban J connectivity index is 1.60. The SMILES string of the molecule is O=C(NCc1cccs1)c1cc2ccc(-c3cccc(Cl)c3)cn2c1-c1cocn1. The van der Waals surface area contributed by atoms with Crippen molar-refractivity contribution in [3.8, 4) is 22.5 Å². The van der Waals surface area contributed by atoms with Gasteiger partial charge in [-0.3, -0.25) is 4.79 Å². The highest BCUT2D eigenvalue weighted by molar-refractivity contribution is 7.09. The Morgan fingerprint density at radius 3 is 2.83 bits per heavy atom. The van der Waals surface area contributed by atoms with E-state index < -0.39 is 0 Å². The maximum atomic E-state index is 13.0. The highest BCUT2D eigenvalue weighted by Gasteiger charge is 2.20. The van der Waals surface area contributed by atoms with Gasteiger partial charge in [-0.05, 0) is 46.8 Å². The molecule has 5 rings (SSSR count). The second kappa shape index (κ2) is 7.82. The summed E-state index contributed by atoms with van der Waals surface area (Å²) in [6, 6.07) is 17.5. The number of aromatic nitrogens is 2. The van der Waals surface area contributed by atoms with Gasteiger partial charge in [0, 0.05) is 21.6 Å². The molecule has 0 aliphatic rings. The smallest absolute Gasteiger partial charge is 0.253 e. The van der Waals surface area contributed by atoms with E-state index in [1.807, 2.05) is 70.6 Å². The van der Waals surface area contributed by atoms with Crippen LogP contribution in [0.5, 0.6) is 0 Å². The summed E-state index contributed by atoms with van der Waals surface area (Å²) in [5, 5.41) is 5.66. The molecule has 0 atom stereocenters. The second-order valence-electron chi connectivity index (χ2n) is 6.77. The number of fused-ring (bicyclic) bond motifs is 1. The standard InChI is InChI=1S/C23H16ClN3O2S/c24-17-4-1-3-15(9-17)16-6-7-18-10-20(23(28)25-11-19-5-2-8-30-19)22(27(18)12-16)21-13-29-14-26-21/h1-10,12-14H,11H2,(H,25,28). The summed E-state index contributed by atoms with van der Waals surface area (Å²) in [6.07, 6.45) is 4.90. The average molecular weight is 434 g/mol. The number of benzene rings is 1. The lowest BCUT2D eigenvalue weighted by Crippen LogP contribution is -2.22. The van der Waals surface area contributed by atoms with Crippen molar-refractivity contribution < 1.29 is 9.21 Å². The molecule has 30 heavy (non-hydrogen) atoms. The molecule has 1 aromatic carbocycles. The van der Waals surface area contributed by atoms with Gasteiger partial charge >= 0.3 is 0 Å². The van der Waals surface area contributed by atoms with Crippen molar-refractivity contribution in [1.29, 1.82) is 0 Å². The van der Waals surface area contributed by atoms with Crippen LogP contribution in [0.15, 0.2) is 83.2 Å². The zero-order valence-electron chi connectivity index (χ0n) is 15.7. The largest absolute Gasteiger partial charge is 0.451 e. The van der Waals surface area contributed by atoms with Crippen molar-refractivity contribution in [2.24, 2.45) is 0 Å². The minimum absolute atomic E-state index is 0.158. The van der Waals surface area contributed by atoms with Crippen LogP contribution in [-0.4, -0.2) is 15.3 Å². The first-order valence-electron chi connectivity index (χ1n) is 9.29. The maximum absolute atomic E-state index is 13.0. The number of nitrogens with one attached hydrogen (secondary N) is 1. The molecule has 5 aromatic rings. The van der Waals surface area contributed by atoms with E-state index in [1.54, 1.807) is 17.6 Å². The summed E-state index contributed by atoms with van der Waals surface area (Å²) >= 11 is 7.78. The van der Waals surface area contributed by atoms with Gasteiger partial charge < -0.3 is 14.1 Å². The molecule has 0 saturated carbocycles. The molecular weight excluding hydrogens is 418 g/mol. The summed E-state index contributed by atoms with van der Waals surface area (Å²) < 4.78 is 7.17. The number of hydrogen-bond acceptors (Lipinski definition) is 4. The predicted octanol–water partition coefficient (Wildman–Crippen LogP) is 5.91. The Kier molecular flexibility index (Phi) is 4.86. The van der Waals surface area contributed by atoms with Crippen LogP contribution in [0, 0.1) is 0 Å². The molecule has 0 bridgehead atoms. The Bertz CT molecular complexity index is 1320. The first-order chi connectivity index (χ1) is 14.7. The Hall–Kier alpha value is -3.35. The molecule has 148 valence electrons. The highest BCUT2D eigenvalue weighted by Crippen LogP contribution is 2.30. The molecule has 0 aliphatic carbocycles. The summed E-state index contributed by atoms with van der Waals surface area (Å²) in [6.45, 7) is 0.481. The Morgan fingerprint density at radius 1 is 1.13 bits per heavy atom. The van der Waals surface area contributed by atoms with Crippen molar-refractivity contribution in [2.75, 3.05) is 0 Å². The van der Waals surface area contributed by atoms with E-state index >= 15 is 0 Å². The maximum Gasteiger partial charge on any atom is 0.253 e. The highest BCUT2D eigenvalue weighted by atomic mass is 35.5. The number of hydrogen-bond donors (Lipinski definition) is 1. The van der Waals surface area contributed by atoms with Gasteiger partial charge in [0.1, 0.15) is 12.0 Å². The number of nitrogens with zero attached hydrogens (tertiary/aromatic N) is 2. The minimum atomic E-state index is -0.158. The van der Waals surface area contributed by atoms with Crippen molar-refractivity contribution in [1.82, 2.24) is 14.7 Å². The van der Waals surface area contributed by atoms with Crippen molar-refractivity contribution in [3.63, 3.8) is 0 Å². The number of halogens is 1. The third kappa shape index (κ3) is 3.51. The van der Waals surface area contributed by atoms with Gasteiger partial charge in [-0.15, -0.1) is 11.3 Å². The number of thiophene rings is 1. The first kappa shape index (κ1) is 18.7. The number of oxazole rings is 1. The van der Waals surface area contributed by atoms with E-state index in [4.69, 9.17) is 16.0 Å². The van der Waals surface area contributed by atoms with Gasteiger partial charge in [0.2, 0.25) is 0 Å². The van der Waals surface area contributed by atoms with Crippen LogP contribution in [-0.2, 0) is 6.54 Å². The third-order valence-electron chi connectivity index (χ3n) is 4.85. The number of amides is 1. The lowest BCUT2D eigenvalue weighted by Gasteiger charge is -2.07. The molecule has 0 spiro atoms. The summed E-state index contributed by atoms with van der Waals surface area (Å²) in [5.41, 5.74) is 4.69. The van der Waals surface area contributed by atoms with E-state index in [-0.39, 0.29) is 5.91 Å². The third-order valence-corrected chi connectivity index (χ3v) is 5.96. The van der Waals surface area contributed by atoms with Crippen LogP contribution in [0.2, 0.25) is 5.02 Å². The van der Waals surface area contributed by atoms with Gasteiger partial charge in [0.15, 0.2) is 6.39 Å². The van der Waals surface area contributed by atoms with Gasteiger partial charge in [-0.25, -0.2) is 4.98 Å². The van der Waals surface area contributed by atoms with Crippen molar-refractivity contribution in [3.05, 3.63) is 94.3 Å². The molecule has 7 heteroatoms. The molecule has 5 nitrogen and oxygen atoms in total. The number of pyridine rings is 1. The normalized spacial score (nSPS) is 11.1. The van der Waals surface area contributed by atoms with Crippen LogP contribution in [0.1, 0.15) is 15.2 Å². The molecule has 0 unspecified atom stereocenters. The molecule has 0 radical (unpaired) electrons. The summed E-state index contributed by atoms with van der Waals surface area (Å²) in [7, 11) is 0. The zero-order chi connectivity index (χ0) is 20.5. The van der Waals surface area contributed by atoms with Crippen LogP contribution < -0.4 is 5.32 Å². The van der Waals surface area contributed by atoms with E-state index in [2.05, 4.69) is 10.3 Å². The van der Waals surface area contributed by atoms with Gasteiger partial charge in [0.05, 0.1) is 17.8 Å². The topological polar surface area (TPSA) is 59.5 Å². The predicted molar refractivity (Wildman–Crippen MR) is 119 cm³/mol. The van der Waals surface area contributed by atoms with E-state index in [1.165, 1.54) is 6.39 Å². The van der Waals surface area contributed by atoms with Crippen molar-refractivity contribution in [2.45, 2.75) is 6.54 Å². The molecule has 4 aromatic heterocycles. The lowest BCUT2D eigenvalue weighted by atomic mass is 10.1. The molecule has 0 fully saturated rings. The summed E-state index contributed by atoms with van der Waals surface area (Å²) in [4.78, 5) is 18.4. The monoisotopic (exact) mass is 433 g/mol.